The van der Waals surface area contributed by atoms with E-state index in [0.29, 0.717) is 5.56 Å². The third-order valence-corrected chi connectivity index (χ3v) is 3.31. The molecule has 0 fully saturated rings. The van der Waals surface area contributed by atoms with Gasteiger partial charge in [0.05, 0.1) is 0 Å². The molecule has 0 saturated heterocycles. The Hall–Kier alpha value is -1.36. The predicted molar refractivity (Wildman–Crippen MR) is 72.6 cm³/mol. The van der Waals surface area contributed by atoms with Gasteiger partial charge in [0, 0.05) is 16.1 Å². The van der Waals surface area contributed by atoms with Crippen molar-refractivity contribution in [3.05, 3.63) is 34.3 Å². The highest BCUT2D eigenvalue weighted by Gasteiger charge is 2.22. The van der Waals surface area contributed by atoms with Crippen molar-refractivity contribution in [3.63, 3.8) is 0 Å². The number of carboxylic acids is 1. The molecule has 4 nitrogen and oxygen atoms in total. The van der Waals surface area contributed by atoms with Crippen LogP contribution in [0.1, 0.15) is 30.6 Å². The summed E-state index contributed by atoms with van der Waals surface area (Å²) in [5.41, 5.74) is 0.500. The molecule has 5 heteroatoms. The summed E-state index contributed by atoms with van der Waals surface area (Å²) in [5, 5.41) is 8.87. The van der Waals surface area contributed by atoms with Crippen molar-refractivity contribution >= 4 is 27.8 Å². The highest BCUT2D eigenvalue weighted by molar-refractivity contribution is 9.10. The Kier molecular flexibility index (Phi) is 5.34. The van der Waals surface area contributed by atoms with Gasteiger partial charge in [-0.2, -0.15) is 0 Å². The number of benzene rings is 1. The Balaban J connectivity index is 2.94. The van der Waals surface area contributed by atoms with E-state index in [-0.39, 0.29) is 18.5 Å². The van der Waals surface area contributed by atoms with Crippen LogP contribution in [0.15, 0.2) is 28.7 Å². The monoisotopic (exact) mass is 313 g/mol. The summed E-state index contributed by atoms with van der Waals surface area (Å²) in [5.74, 6) is -1.25. The number of carboxylic acid groups (broad SMARTS) is 1. The Morgan fingerprint density at radius 2 is 1.89 bits per heavy atom. The summed E-state index contributed by atoms with van der Waals surface area (Å²) in [6.07, 6.45) is 0.718. The molecule has 1 amide bonds. The second kappa shape index (κ2) is 6.54. The van der Waals surface area contributed by atoms with Crippen LogP contribution in [0.5, 0.6) is 0 Å². The zero-order chi connectivity index (χ0) is 13.7. The zero-order valence-corrected chi connectivity index (χ0v) is 12.0. The van der Waals surface area contributed by atoms with Crippen LogP contribution in [0, 0.1) is 0 Å². The number of hydrogen-bond acceptors (Lipinski definition) is 2. The molecule has 0 aliphatic heterocycles. The van der Waals surface area contributed by atoms with E-state index in [4.69, 9.17) is 5.11 Å². The van der Waals surface area contributed by atoms with E-state index in [0.717, 1.165) is 10.9 Å². The normalized spacial score (nSPS) is 11.9. The van der Waals surface area contributed by atoms with Gasteiger partial charge in [-0.3, -0.25) is 9.59 Å². The maximum Gasteiger partial charge on any atom is 0.323 e. The first kappa shape index (κ1) is 14.7. The van der Waals surface area contributed by atoms with Crippen molar-refractivity contribution in [3.8, 4) is 0 Å². The highest BCUT2D eigenvalue weighted by Crippen LogP contribution is 2.14. The maximum atomic E-state index is 12.2. The minimum absolute atomic E-state index is 0.0998. The second-order valence-corrected chi connectivity index (χ2v) is 5.01. The summed E-state index contributed by atoms with van der Waals surface area (Å²) in [4.78, 5) is 24.4. The summed E-state index contributed by atoms with van der Waals surface area (Å²) < 4.78 is 0.882. The van der Waals surface area contributed by atoms with Crippen LogP contribution < -0.4 is 0 Å². The van der Waals surface area contributed by atoms with Gasteiger partial charge >= 0.3 is 5.97 Å². The van der Waals surface area contributed by atoms with Crippen LogP contribution in [0.25, 0.3) is 0 Å². The maximum absolute atomic E-state index is 12.2. The molecule has 1 rings (SSSR count). The average molecular weight is 314 g/mol. The van der Waals surface area contributed by atoms with Gasteiger partial charge in [0.25, 0.3) is 5.91 Å². The molecule has 0 aliphatic carbocycles. The molecular weight excluding hydrogens is 298 g/mol. The predicted octanol–water partition coefficient (Wildman–Crippen LogP) is 2.77. The van der Waals surface area contributed by atoms with Crippen molar-refractivity contribution in [2.24, 2.45) is 0 Å². The van der Waals surface area contributed by atoms with Crippen LogP contribution >= 0.6 is 15.9 Å². The lowest BCUT2D eigenvalue weighted by atomic mass is 10.1. The number of carbonyl (C=O) groups excluding carboxylic acids is 1. The molecule has 0 radical (unpaired) electrons. The third kappa shape index (κ3) is 3.84. The van der Waals surface area contributed by atoms with Gasteiger partial charge < -0.3 is 10.0 Å². The molecule has 0 aliphatic rings. The fourth-order valence-corrected chi connectivity index (χ4v) is 1.82. The van der Waals surface area contributed by atoms with Gasteiger partial charge in [0.1, 0.15) is 6.54 Å². The van der Waals surface area contributed by atoms with Crippen molar-refractivity contribution in [1.29, 1.82) is 0 Å². The van der Waals surface area contributed by atoms with Gasteiger partial charge in [0.2, 0.25) is 0 Å². The van der Waals surface area contributed by atoms with E-state index in [9.17, 15) is 9.59 Å². The number of rotatable bonds is 5. The lowest BCUT2D eigenvalue weighted by Gasteiger charge is -2.27. The molecule has 0 aromatic heterocycles. The Morgan fingerprint density at radius 3 is 2.33 bits per heavy atom. The van der Waals surface area contributed by atoms with E-state index in [1.54, 1.807) is 24.3 Å². The topological polar surface area (TPSA) is 57.6 Å². The number of aliphatic carboxylic acids is 1. The molecular formula is C13H16BrNO3. The molecule has 1 aromatic carbocycles. The number of hydrogen-bond donors (Lipinski definition) is 1. The summed E-state index contributed by atoms with van der Waals surface area (Å²) in [6, 6.07) is 6.80. The van der Waals surface area contributed by atoms with E-state index in [1.165, 1.54) is 4.90 Å². The molecule has 1 N–H and O–H groups in total. The van der Waals surface area contributed by atoms with Gasteiger partial charge in [-0.05, 0) is 37.6 Å². The molecule has 18 heavy (non-hydrogen) atoms. The first-order chi connectivity index (χ1) is 8.45. The summed E-state index contributed by atoms with van der Waals surface area (Å²) in [6.45, 7) is 3.50. The van der Waals surface area contributed by atoms with E-state index in [2.05, 4.69) is 15.9 Å². The van der Waals surface area contributed by atoms with Crippen LogP contribution in [0.3, 0.4) is 0 Å². The molecule has 0 heterocycles. The van der Waals surface area contributed by atoms with Crippen molar-refractivity contribution in [1.82, 2.24) is 4.90 Å². The average Bonchev–Trinajstić information content (AvgIpc) is 2.35. The van der Waals surface area contributed by atoms with Crippen molar-refractivity contribution in [2.75, 3.05) is 6.54 Å². The first-order valence-electron chi connectivity index (χ1n) is 5.74. The molecule has 0 saturated carbocycles. The zero-order valence-electron chi connectivity index (χ0n) is 10.4. The minimum atomic E-state index is -0.999. The third-order valence-electron chi connectivity index (χ3n) is 2.78. The Morgan fingerprint density at radius 1 is 1.33 bits per heavy atom. The van der Waals surface area contributed by atoms with Gasteiger partial charge in [-0.25, -0.2) is 0 Å². The quantitative estimate of drug-likeness (QED) is 0.909. The molecule has 1 aromatic rings. The number of amides is 1. The number of carbonyl (C=O) groups is 2. The lowest BCUT2D eigenvalue weighted by Crippen LogP contribution is -2.41. The van der Waals surface area contributed by atoms with E-state index in [1.807, 2.05) is 13.8 Å². The lowest BCUT2D eigenvalue weighted by molar-refractivity contribution is -0.138. The van der Waals surface area contributed by atoms with Gasteiger partial charge in [0.15, 0.2) is 0 Å². The first-order valence-corrected chi connectivity index (χ1v) is 6.53. The summed E-state index contributed by atoms with van der Waals surface area (Å²) in [7, 11) is 0. The fourth-order valence-electron chi connectivity index (χ4n) is 1.55. The van der Waals surface area contributed by atoms with E-state index >= 15 is 0 Å². The highest BCUT2D eigenvalue weighted by atomic mass is 79.9. The van der Waals surface area contributed by atoms with Crippen LogP contribution in [-0.4, -0.2) is 34.5 Å². The van der Waals surface area contributed by atoms with E-state index < -0.39 is 5.97 Å². The molecule has 98 valence electrons. The van der Waals surface area contributed by atoms with Crippen LogP contribution in [0.2, 0.25) is 0 Å². The summed E-state index contributed by atoms with van der Waals surface area (Å²) >= 11 is 3.30. The fraction of sp³-hybridized carbons (Fsp3) is 0.385. The number of halogens is 1. The molecule has 1 unspecified atom stereocenters. The van der Waals surface area contributed by atoms with Crippen LogP contribution in [-0.2, 0) is 4.79 Å². The minimum Gasteiger partial charge on any atom is -0.480 e. The number of nitrogens with zero attached hydrogens (tertiary/aromatic N) is 1. The van der Waals surface area contributed by atoms with Gasteiger partial charge in [-0.15, -0.1) is 0 Å². The smallest absolute Gasteiger partial charge is 0.323 e. The van der Waals surface area contributed by atoms with Gasteiger partial charge in [-0.1, -0.05) is 22.9 Å². The molecule has 1 atom stereocenters. The van der Waals surface area contributed by atoms with Crippen molar-refractivity contribution < 1.29 is 14.7 Å². The SMILES string of the molecule is CCC(C)N(CC(=O)O)C(=O)c1ccc(Br)cc1. The Bertz CT molecular complexity index is 430. The Labute approximate surface area is 115 Å². The standard InChI is InChI=1S/C13H16BrNO3/c1-3-9(2)15(8-12(16)17)13(18)10-4-6-11(14)7-5-10/h4-7,9H,3,8H2,1-2H3,(H,16,17). The largest absolute Gasteiger partial charge is 0.480 e. The second-order valence-electron chi connectivity index (χ2n) is 4.09. The van der Waals surface area contributed by atoms with Crippen molar-refractivity contribution in [2.45, 2.75) is 26.3 Å². The van der Waals surface area contributed by atoms with Crippen LogP contribution in [0.4, 0.5) is 0 Å². The molecule has 0 bridgehead atoms. The molecule has 0 spiro atoms.